The summed E-state index contributed by atoms with van der Waals surface area (Å²) in [4.78, 5) is 1.46. The van der Waals surface area contributed by atoms with Crippen LogP contribution < -0.4 is 4.90 Å². The Hall–Kier alpha value is -1.48. The lowest BCUT2D eigenvalue weighted by atomic mass is 10.1. The highest BCUT2D eigenvalue weighted by atomic mass is 19.4. The minimum absolute atomic E-state index is 0.127. The van der Waals surface area contributed by atoms with Gasteiger partial charge in [-0.15, -0.1) is 0 Å². The average molecular weight is 341 g/mol. The van der Waals surface area contributed by atoms with Gasteiger partial charge in [0.25, 0.3) is 0 Å². The summed E-state index contributed by atoms with van der Waals surface area (Å²) in [6.07, 6.45) is -10.0. The lowest BCUT2D eigenvalue weighted by Gasteiger charge is -2.25. The minimum Gasteiger partial charge on any atom is -0.371 e. The van der Waals surface area contributed by atoms with Crippen LogP contribution in [0.4, 0.5) is 32.0 Å². The third-order valence-corrected chi connectivity index (χ3v) is 3.59. The molecule has 0 bridgehead atoms. The standard InChI is InChI=1S/C14H13F6NO2/c15-13(16,17)8-1-9(14(18,19)20)3-10(2-8)21(4-11-6-22-11)5-12-7-23-12/h1-3,11-12H,4-7H2. The number of nitrogens with zero attached hydrogens (tertiary/aromatic N) is 1. The molecule has 23 heavy (non-hydrogen) atoms. The fourth-order valence-corrected chi connectivity index (χ4v) is 2.24. The Labute approximate surface area is 127 Å². The van der Waals surface area contributed by atoms with Crippen molar-refractivity contribution in [2.75, 3.05) is 31.2 Å². The van der Waals surface area contributed by atoms with Gasteiger partial charge in [0.15, 0.2) is 0 Å². The molecule has 2 aliphatic heterocycles. The topological polar surface area (TPSA) is 28.3 Å². The van der Waals surface area contributed by atoms with Gasteiger partial charge in [-0.05, 0) is 18.2 Å². The molecule has 0 amide bonds. The Morgan fingerprint density at radius 2 is 1.22 bits per heavy atom. The average Bonchev–Trinajstić information content (AvgIpc) is 3.30. The van der Waals surface area contributed by atoms with Gasteiger partial charge in [0.1, 0.15) is 0 Å². The third-order valence-electron chi connectivity index (χ3n) is 3.59. The summed E-state index contributed by atoms with van der Waals surface area (Å²) >= 11 is 0. The highest BCUT2D eigenvalue weighted by molar-refractivity contribution is 5.53. The van der Waals surface area contributed by atoms with E-state index in [0.29, 0.717) is 13.2 Å². The van der Waals surface area contributed by atoms with Crippen molar-refractivity contribution in [1.29, 1.82) is 0 Å². The number of anilines is 1. The van der Waals surface area contributed by atoms with Gasteiger partial charge in [0.05, 0.1) is 36.5 Å². The second-order valence-electron chi connectivity index (χ2n) is 5.58. The Kier molecular flexibility index (Phi) is 3.96. The van der Waals surface area contributed by atoms with E-state index in [1.165, 1.54) is 4.90 Å². The molecule has 3 nitrogen and oxygen atoms in total. The highest BCUT2D eigenvalue weighted by Crippen LogP contribution is 2.39. The Bertz CT molecular complexity index is 531. The van der Waals surface area contributed by atoms with Crippen LogP contribution in [0.2, 0.25) is 0 Å². The zero-order chi connectivity index (χ0) is 16.8. The van der Waals surface area contributed by atoms with E-state index in [1.54, 1.807) is 0 Å². The molecule has 0 radical (unpaired) electrons. The first-order valence-corrected chi connectivity index (χ1v) is 6.90. The molecule has 3 rings (SSSR count). The summed E-state index contributed by atoms with van der Waals surface area (Å²) in [6, 6.07) is 1.60. The van der Waals surface area contributed by atoms with Crippen molar-refractivity contribution in [3.63, 3.8) is 0 Å². The number of epoxide rings is 2. The van der Waals surface area contributed by atoms with Gasteiger partial charge in [-0.3, -0.25) is 0 Å². The lowest BCUT2D eigenvalue weighted by Crippen LogP contribution is -2.32. The normalized spacial score (nSPS) is 23.7. The molecule has 2 unspecified atom stereocenters. The Morgan fingerprint density at radius 3 is 1.52 bits per heavy atom. The summed E-state index contributed by atoms with van der Waals surface area (Å²) in [5.41, 5.74) is -2.76. The van der Waals surface area contributed by atoms with Gasteiger partial charge in [0, 0.05) is 18.8 Å². The fraction of sp³-hybridized carbons (Fsp3) is 0.571. The number of alkyl halides is 6. The summed E-state index contributed by atoms with van der Waals surface area (Å²) in [5.74, 6) is 0. The molecule has 2 fully saturated rings. The largest absolute Gasteiger partial charge is 0.416 e. The molecule has 2 heterocycles. The number of benzene rings is 1. The molecule has 2 aliphatic rings. The van der Waals surface area contributed by atoms with Crippen LogP contribution >= 0.6 is 0 Å². The van der Waals surface area contributed by atoms with Gasteiger partial charge in [-0.1, -0.05) is 0 Å². The molecule has 0 N–H and O–H groups in total. The fourth-order valence-electron chi connectivity index (χ4n) is 2.24. The molecule has 0 aliphatic carbocycles. The van der Waals surface area contributed by atoms with Crippen LogP contribution in [0.1, 0.15) is 11.1 Å². The molecule has 128 valence electrons. The lowest BCUT2D eigenvalue weighted by molar-refractivity contribution is -0.143. The van der Waals surface area contributed by atoms with Crippen LogP contribution in [0.25, 0.3) is 0 Å². The number of halogens is 6. The second-order valence-corrected chi connectivity index (χ2v) is 5.58. The molecular weight excluding hydrogens is 328 g/mol. The van der Waals surface area contributed by atoms with E-state index in [-0.39, 0.29) is 37.1 Å². The first kappa shape index (κ1) is 16.4. The van der Waals surface area contributed by atoms with Crippen molar-refractivity contribution in [2.45, 2.75) is 24.6 Å². The minimum atomic E-state index is -4.85. The van der Waals surface area contributed by atoms with Crippen molar-refractivity contribution < 1.29 is 35.8 Å². The Morgan fingerprint density at radius 1 is 0.826 bits per heavy atom. The molecule has 9 heteroatoms. The molecule has 0 aromatic heterocycles. The summed E-state index contributed by atoms with van der Waals surface area (Å²) in [7, 11) is 0. The van der Waals surface area contributed by atoms with Crippen LogP contribution in [0.15, 0.2) is 18.2 Å². The first-order chi connectivity index (χ1) is 10.6. The number of ether oxygens (including phenoxy) is 2. The highest BCUT2D eigenvalue weighted by Gasteiger charge is 2.38. The molecule has 2 atom stereocenters. The van der Waals surface area contributed by atoms with E-state index in [0.717, 1.165) is 12.1 Å². The SMILES string of the molecule is FC(F)(F)c1cc(N(CC2CO2)CC2CO2)cc(C(F)(F)F)c1. The van der Waals surface area contributed by atoms with E-state index in [9.17, 15) is 26.3 Å². The zero-order valence-electron chi connectivity index (χ0n) is 11.7. The van der Waals surface area contributed by atoms with Crippen LogP contribution in [0, 0.1) is 0 Å². The van der Waals surface area contributed by atoms with Gasteiger partial charge in [-0.2, -0.15) is 26.3 Å². The van der Waals surface area contributed by atoms with Crippen LogP contribution in [-0.4, -0.2) is 38.5 Å². The monoisotopic (exact) mass is 341 g/mol. The molecule has 0 spiro atoms. The zero-order valence-corrected chi connectivity index (χ0v) is 11.7. The molecule has 0 saturated carbocycles. The molecular formula is C14H13F6NO2. The van der Waals surface area contributed by atoms with Gasteiger partial charge >= 0.3 is 12.4 Å². The quantitative estimate of drug-likeness (QED) is 0.608. The maximum absolute atomic E-state index is 12.9. The van der Waals surface area contributed by atoms with Gasteiger partial charge in [-0.25, -0.2) is 0 Å². The van der Waals surface area contributed by atoms with Crippen molar-refractivity contribution in [3.8, 4) is 0 Å². The van der Waals surface area contributed by atoms with E-state index in [1.807, 2.05) is 0 Å². The van der Waals surface area contributed by atoms with Crippen molar-refractivity contribution in [1.82, 2.24) is 0 Å². The first-order valence-electron chi connectivity index (χ1n) is 6.90. The second kappa shape index (κ2) is 5.55. The third kappa shape index (κ3) is 4.29. The van der Waals surface area contributed by atoms with Crippen molar-refractivity contribution in [2.24, 2.45) is 0 Å². The maximum atomic E-state index is 12.9. The Balaban J connectivity index is 1.96. The van der Waals surface area contributed by atoms with E-state index < -0.39 is 23.5 Å². The molecule has 1 aromatic rings. The van der Waals surface area contributed by atoms with Gasteiger partial charge < -0.3 is 14.4 Å². The van der Waals surface area contributed by atoms with Crippen LogP contribution in [0.3, 0.4) is 0 Å². The van der Waals surface area contributed by atoms with E-state index in [2.05, 4.69) is 0 Å². The number of hydrogen-bond donors (Lipinski definition) is 0. The maximum Gasteiger partial charge on any atom is 0.416 e. The molecule has 2 saturated heterocycles. The van der Waals surface area contributed by atoms with Crippen LogP contribution in [-0.2, 0) is 21.8 Å². The summed E-state index contributed by atoms with van der Waals surface area (Å²) in [6.45, 7) is 1.37. The predicted octanol–water partition coefficient (Wildman–Crippen LogP) is 3.33. The van der Waals surface area contributed by atoms with E-state index >= 15 is 0 Å². The van der Waals surface area contributed by atoms with Crippen molar-refractivity contribution >= 4 is 5.69 Å². The smallest absolute Gasteiger partial charge is 0.371 e. The predicted molar refractivity (Wildman–Crippen MR) is 68.1 cm³/mol. The van der Waals surface area contributed by atoms with Crippen LogP contribution in [0.5, 0.6) is 0 Å². The number of rotatable bonds is 5. The molecule has 1 aromatic carbocycles. The summed E-state index contributed by atoms with van der Waals surface area (Å²) < 4.78 is 87.5. The van der Waals surface area contributed by atoms with Crippen molar-refractivity contribution in [3.05, 3.63) is 29.3 Å². The summed E-state index contributed by atoms with van der Waals surface area (Å²) in [5, 5.41) is 0. The van der Waals surface area contributed by atoms with E-state index in [4.69, 9.17) is 9.47 Å². The number of hydrogen-bond acceptors (Lipinski definition) is 3. The van der Waals surface area contributed by atoms with Gasteiger partial charge in [0.2, 0.25) is 0 Å².